The summed E-state index contributed by atoms with van der Waals surface area (Å²) in [5.41, 5.74) is -2.41. The number of rotatable bonds is 5. The zero-order chi connectivity index (χ0) is 24.8. The maximum Gasteiger partial charge on any atom is 0.265 e. The van der Waals surface area contributed by atoms with E-state index in [2.05, 4.69) is 9.97 Å². The highest BCUT2D eigenvalue weighted by molar-refractivity contribution is 7.92. The molecule has 2 N–H and O–H groups in total. The number of sulfonamides is 1. The first kappa shape index (κ1) is 23.2. The van der Waals surface area contributed by atoms with Crippen LogP contribution in [0.2, 0.25) is 5.02 Å². The number of aromatic nitrogens is 2. The highest BCUT2D eigenvalue weighted by atomic mass is 35.5. The lowest BCUT2D eigenvalue weighted by Gasteiger charge is -2.12. The summed E-state index contributed by atoms with van der Waals surface area (Å²) in [6.07, 6.45) is 2.21. The van der Waals surface area contributed by atoms with Crippen LogP contribution in [-0.4, -0.2) is 24.2 Å². The van der Waals surface area contributed by atoms with Crippen molar-refractivity contribution in [3.63, 3.8) is 0 Å². The molecule has 2 aromatic heterocycles. The van der Waals surface area contributed by atoms with E-state index in [9.17, 15) is 26.4 Å². The maximum atomic E-state index is 15.2. The van der Waals surface area contributed by atoms with Gasteiger partial charge in [0.05, 0.1) is 27.4 Å². The molecule has 172 valence electrons. The average Bonchev–Trinajstić information content (AvgIpc) is 3.22. The van der Waals surface area contributed by atoms with Gasteiger partial charge in [0, 0.05) is 17.8 Å². The van der Waals surface area contributed by atoms with Crippen molar-refractivity contribution in [1.29, 1.82) is 5.26 Å². The van der Waals surface area contributed by atoms with Crippen LogP contribution in [0.4, 0.5) is 23.2 Å². The quantitative estimate of drug-likeness (QED) is 0.300. The molecule has 0 spiro atoms. The zero-order valence-electron chi connectivity index (χ0n) is 16.5. The molecular formula is C21H9ClF4N4O3S. The predicted molar refractivity (Wildman–Crippen MR) is 113 cm³/mol. The number of H-pyrrole nitrogens is 1. The van der Waals surface area contributed by atoms with Gasteiger partial charge in [-0.05, 0) is 30.3 Å². The lowest BCUT2D eigenvalue weighted by atomic mass is 10.0. The number of nitrogens with one attached hydrogen (secondary N) is 2. The van der Waals surface area contributed by atoms with E-state index in [4.69, 9.17) is 16.9 Å². The molecule has 0 aliphatic heterocycles. The highest BCUT2D eigenvalue weighted by Crippen LogP contribution is 2.32. The van der Waals surface area contributed by atoms with Crippen LogP contribution in [0.3, 0.4) is 0 Å². The molecule has 0 atom stereocenters. The summed E-state index contributed by atoms with van der Waals surface area (Å²) < 4.78 is 83.7. The Kier molecular flexibility index (Phi) is 5.76. The summed E-state index contributed by atoms with van der Waals surface area (Å²) in [5, 5.41) is 8.86. The normalized spacial score (nSPS) is 11.4. The Balaban J connectivity index is 1.82. The summed E-state index contributed by atoms with van der Waals surface area (Å²) in [6.45, 7) is 0. The Morgan fingerprint density at radius 3 is 2.53 bits per heavy atom. The van der Waals surface area contributed by atoms with Crippen molar-refractivity contribution in [3.8, 4) is 6.07 Å². The number of carbonyl (C=O) groups is 1. The van der Waals surface area contributed by atoms with Crippen molar-refractivity contribution in [3.05, 3.63) is 87.7 Å². The minimum atomic E-state index is -4.86. The van der Waals surface area contributed by atoms with Crippen LogP contribution in [0, 0.1) is 34.6 Å². The van der Waals surface area contributed by atoms with E-state index in [1.54, 1.807) is 10.8 Å². The summed E-state index contributed by atoms with van der Waals surface area (Å²) in [4.78, 5) is 18.4. The van der Waals surface area contributed by atoms with E-state index in [0.29, 0.717) is 30.3 Å². The summed E-state index contributed by atoms with van der Waals surface area (Å²) in [7, 11) is -4.86. The molecule has 34 heavy (non-hydrogen) atoms. The number of halogens is 5. The molecule has 7 nitrogen and oxygen atoms in total. The number of nitriles is 1. The Morgan fingerprint density at radius 1 is 1.12 bits per heavy atom. The van der Waals surface area contributed by atoms with Crippen molar-refractivity contribution in [2.75, 3.05) is 4.72 Å². The van der Waals surface area contributed by atoms with Crippen LogP contribution < -0.4 is 4.72 Å². The van der Waals surface area contributed by atoms with E-state index in [1.165, 1.54) is 0 Å². The number of anilines is 1. The van der Waals surface area contributed by atoms with Crippen molar-refractivity contribution in [1.82, 2.24) is 9.97 Å². The number of carbonyl (C=O) groups excluding carboxylic acids is 1. The van der Waals surface area contributed by atoms with E-state index in [1.807, 2.05) is 0 Å². The van der Waals surface area contributed by atoms with Crippen molar-refractivity contribution in [2.24, 2.45) is 0 Å². The van der Waals surface area contributed by atoms with Crippen LogP contribution in [0.25, 0.3) is 11.0 Å². The van der Waals surface area contributed by atoms with Gasteiger partial charge in [0.25, 0.3) is 10.0 Å². The fraction of sp³-hybridized carbons (Fsp3) is 0. The van der Waals surface area contributed by atoms with Crippen molar-refractivity contribution >= 4 is 44.1 Å². The Labute approximate surface area is 193 Å². The second kappa shape index (κ2) is 8.44. The van der Waals surface area contributed by atoms with Gasteiger partial charge in [-0.25, -0.2) is 31.0 Å². The van der Waals surface area contributed by atoms with Gasteiger partial charge in [0.2, 0.25) is 5.78 Å². The molecule has 0 amide bonds. The monoisotopic (exact) mass is 508 g/mol. The molecule has 4 rings (SSSR count). The van der Waals surface area contributed by atoms with Crippen LogP contribution in [0.5, 0.6) is 0 Å². The standard InChI is InChI=1S/C21H9ClF4N4O3S/c22-18-9(6-27)7-28-21-16(18)11(8-29-21)20(31)17-13(25)3-4-14(19(17)26)30-34(32,33)15-5-10(23)1-2-12(15)24/h1-5,7-8,30H,(H,28,29). The summed E-state index contributed by atoms with van der Waals surface area (Å²) in [5.74, 6) is -6.57. The molecule has 2 heterocycles. The van der Waals surface area contributed by atoms with Gasteiger partial charge in [0.15, 0.2) is 5.82 Å². The van der Waals surface area contributed by atoms with E-state index >= 15 is 4.39 Å². The third kappa shape index (κ3) is 3.85. The van der Waals surface area contributed by atoms with Gasteiger partial charge in [0.1, 0.15) is 34.1 Å². The third-order valence-corrected chi connectivity index (χ3v) is 6.52. The first-order valence-electron chi connectivity index (χ1n) is 9.11. The molecular weight excluding hydrogens is 500 g/mol. The van der Waals surface area contributed by atoms with E-state index < -0.39 is 55.2 Å². The molecule has 2 aromatic carbocycles. The number of ketones is 1. The zero-order valence-corrected chi connectivity index (χ0v) is 18.0. The second-order valence-corrected chi connectivity index (χ2v) is 8.85. The summed E-state index contributed by atoms with van der Waals surface area (Å²) in [6, 6.07) is 4.67. The lowest BCUT2D eigenvalue weighted by Crippen LogP contribution is -2.18. The number of hydrogen-bond acceptors (Lipinski definition) is 5. The molecule has 0 saturated heterocycles. The number of benzene rings is 2. The van der Waals surface area contributed by atoms with Crippen LogP contribution >= 0.6 is 11.6 Å². The van der Waals surface area contributed by atoms with Gasteiger partial charge in [-0.1, -0.05) is 11.6 Å². The van der Waals surface area contributed by atoms with Crippen molar-refractivity contribution in [2.45, 2.75) is 4.90 Å². The first-order chi connectivity index (χ1) is 16.0. The van der Waals surface area contributed by atoms with Gasteiger partial charge in [-0.2, -0.15) is 5.26 Å². The molecule has 0 radical (unpaired) electrons. The molecule has 13 heteroatoms. The Hall–Kier alpha value is -3.95. The Bertz CT molecular complexity index is 1650. The van der Waals surface area contributed by atoms with E-state index in [-0.39, 0.29) is 27.2 Å². The fourth-order valence-electron chi connectivity index (χ4n) is 3.17. The molecule has 4 aromatic rings. The van der Waals surface area contributed by atoms with Gasteiger partial charge < -0.3 is 4.98 Å². The highest BCUT2D eigenvalue weighted by Gasteiger charge is 2.28. The fourth-order valence-corrected chi connectivity index (χ4v) is 4.60. The smallest absolute Gasteiger partial charge is 0.265 e. The van der Waals surface area contributed by atoms with Crippen LogP contribution in [0.15, 0.2) is 47.6 Å². The first-order valence-corrected chi connectivity index (χ1v) is 11.0. The average molecular weight is 509 g/mol. The number of fused-ring (bicyclic) bond motifs is 1. The SMILES string of the molecule is N#Cc1cnc2[nH]cc(C(=O)c3c(F)ccc(NS(=O)(=O)c4cc(F)ccc4F)c3F)c2c1Cl. The molecule has 0 aliphatic carbocycles. The third-order valence-electron chi connectivity index (χ3n) is 4.75. The molecule has 0 unspecified atom stereocenters. The predicted octanol–water partition coefficient (Wildman–Crippen LogP) is 4.68. The second-order valence-electron chi connectivity index (χ2n) is 6.82. The largest absolute Gasteiger partial charge is 0.345 e. The molecule has 0 fully saturated rings. The number of pyridine rings is 1. The number of nitrogens with zero attached hydrogens (tertiary/aromatic N) is 2. The van der Waals surface area contributed by atoms with Gasteiger partial charge >= 0.3 is 0 Å². The van der Waals surface area contributed by atoms with Crippen LogP contribution in [0.1, 0.15) is 21.5 Å². The minimum Gasteiger partial charge on any atom is -0.345 e. The van der Waals surface area contributed by atoms with E-state index in [0.717, 1.165) is 12.4 Å². The van der Waals surface area contributed by atoms with Crippen LogP contribution in [-0.2, 0) is 10.0 Å². The van der Waals surface area contributed by atoms with Crippen molar-refractivity contribution < 1.29 is 30.8 Å². The molecule has 0 aliphatic rings. The Morgan fingerprint density at radius 2 is 1.82 bits per heavy atom. The molecule has 0 saturated carbocycles. The minimum absolute atomic E-state index is 0.0617. The topological polar surface area (TPSA) is 116 Å². The maximum absolute atomic E-state index is 15.2. The lowest BCUT2D eigenvalue weighted by molar-refractivity contribution is 0.103. The molecule has 0 bridgehead atoms. The van der Waals surface area contributed by atoms with Gasteiger partial charge in [-0.15, -0.1) is 0 Å². The summed E-state index contributed by atoms with van der Waals surface area (Å²) >= 11 is 6.13. The van der Waals surface area contributed by atoms with Gasteiger partial charge in [-0.3, -0.25) is 9.52 Å². The number of hydrogen-bond donors (Lipinski definition) is 2. The number of aromatic amines is 1.